The minimum Gasteiger partial charge on any atom is -0.369 e. The zero-order valence-corrected chi connectivity index (χ0v) is 13.2. The van der Waals surface area contributed by atoms with Crippen molar-refractivity contribution < 1.29 is 0 Å². The average Bonchev–Trinajstić information content (AvgIpc) is 3.07. The van der Waals surface area contributed by atoms with E-state index < -0.39 is 0 Å². The molecule has 0 spiro atoms. The van der Waals surface area contributed by atoms with Crippen molar-refractivity contribution in [3.63, 3.8) is 0 Å². The van der Waals surface area contributed by atoms with Crippen molar-refractivity contribution in [2.75, 3.05) is 23.8 Å². The topological polar surface area (TPSA) is 58.4 Å². The maximum absolute atomic E-state index is 4.67. The lowest BCUT2D eigenvalue weighted by Crippen LogP contribution is -2.20. The Morgan fingerprint density at radius 2 is 2.24 bits per heavy atom. The molecule has 6 nitrogen and oxygen atoms in total. The molecule has 1 N–H and O–H groups in total. The van der Waals surface area contributed by atoms with E-state index in [1.54, 1.807) is 17.5 Å². The van der Waals surface area contributed by atoms with Crippen LogP contribution in [-0.4, -0.2) is 32.9 Å². The van der Waals surface area contributed by atoms with Crippen molar-refractivity contribution in [3.05, 3.63) is 34.7 Å². The third kappa shape index (κ3) is 2.82. The standard InChI is InChI=1S/C14H18N6S/c1-4-15-12-8-20-6-5-16-13(20)14(18-12)19(3)7-11-9-21-10(2)17-11/h5-6,8-9,15H,4,7H2,1-3H3. The highest BCUT2D eigenvalue weighted by Gasteiger charge is 2.13. The van der Waals surface area contributed by atoms with Crippen LogP contribution in [0.2, 0.25) is 0 Å². The number of hydrogen-bond acceptors (Lipinski definition) is 6. The van der Waals surface area contributed by atoms with E-state index in [1.165, 1.54) is 0 Å². The van der Waals surface area contributed by atoms with E-state index in [-0.39, 0.29) is 0 Å². The van der Waals surface area contributed by atoms with Gasteiger partial charge in [0.05, 0.1) is 23.4 Å². The quantitative estimate of drug-likeness (QED) is 0.785. The number of aromatic nitrogens is 4. The van der Waals surface area contributed by atoms with Crippen LogP contribution >= 0.6 is 11.3 Å². The third-order valence-corrected chi connectivity index (χ3v) is 3.96. The Labute approximate surface area is 127 Å². The number of aryl methyl sites for hydroxylation is 1. The highest BCUT2D eigenvalue weighted by Crippen LogP contribution is 2.21. The fourth-order valence-electron chi connectivity index (χ4n) is 2.24. The predicted octanol–water partition coefficient (Wildman–Crippen LogP) is 2.56. The molecule has 3 heterocycles. The molecule has 7 heteroatoms. The second kappa shape index (κ2) is 5.69. The number of imidazole rings is 1. The number of rotatable bonds is 5. The van der Waals surface area contributed by atoms with E-state index in [4.69, 9.17) is 0 Å². The molecule has 0 saturated carbocycles. The molecule has 0 radical (unpaired) electrons. The number of thiazole rings is 1. The van der Waals surface area contributed by atoms with Gasteiger partial charge in [0, 0.05) is 31.4 Å². The van der Waals surface area contributed by atoms with Crippen molar-refractivity contribution in [1.82, 2.24) is 19.4 Å². The fourth-order valence-corrected chi connectivity index (χ4v) is 2.84. The summed E-state index contributed by atoms with van der Waals surface area (Å²) >= 11 is 1.67. The van der Waals surface area contributed by atoms with Crippen LogP contribution in [0.25, 0.3) is 5.65 Å². The summed E-state index contributed by atoms with van der Waals surface area (Å²) in [5.41, 5.74) is 1.91. The van der Waals surface area contributed by atoms with Crippen LogP contribution in [0.1, 0.15) is 17.6 Å². The number of anilines is 2. The van der Waals surface area contributed by atoms with Gasteiger partial charge < -0.3 is 14.6 Å². The third-order valence-electron chi connectivity index (χ3n) is 3.14. The molecule has 0 saturated heterocycles. The molecule has 0 fully saturated rings. The monoisotopic (exact) mass is 302 g/mol. The molecule has 0 aromatic carbocycles. The van der Waals surface area contributed by atoms with Crippen LogP contribution in [0.3, 0.4) is 0 Å². The minimum absolute atomic E-state index is 0.718. The van der Waals surface area contributed by atoms with Gasteiger partial charge in [-0.1, -0.05) is 0 Å². The lowest BCUT2D eigenvalue weighted by Gasteiger charge is -2.18. The van der Waals surface area contributed by atoms with E-state index in [0.29, 0.717) is 0 Å². The van der Waals surface area contributed by atoms with Gasteiger partial charge in [0.2, 0.25) is 0 Å². The van der Waals surface area contributed by atoms with Gasteiger partial charge in [0.25, 0.3) is 0 Å². The summed E-state index contributed by atoms with van der Waals surface area (Å²) in [4.78, 5) is 15.7. The Morgan fingerprint density at radius 3 is 2.95 bits per heavy atom. The summed E-state index contributed by atoms with van der Waals surface area (Å²) in [6, 6.07) is 0. The minimum atomic E-state index is 0.718. The summed E-state index contributed by atoms with van der Waals surface area (Å²) in [6.45, 7) is 5.63. The van der Waals surface area contributed by atoms with E-state index in [2.05, 4.69) is 37.5 Å². The van der Waals surface area contributed by atoms with Gasteiger partial charge in [-0.25, -0.2) is 15.0 Å². The lowest BCUT2D eigenvalue weighted by molar-refractivity contribution is 0.866. The second-order valence-electron chi connectivity index (χ2n) is 4.85. The largest absolute Gasteiger partial charge is 0.369 e. The van der Waals surface area contributed by atoms with Gasteiger partial charge in [0.15, 0.2) is 11.5 Å². The molecule has 110 valence electrons. The molecule has 0 unspecified atom stereocenters. The Hall–Kier alpha value is -2.15. The molecule has 0 amide bonds. The first kappa shape index (κ1) is 13.8. The molecular formula is C14H18N6S. The molecule has 3 aromatic heterocycles. The molecule has 21 heavy (non-hydrogen) atoms. The molecule has 0 bridgehead atoms. The van der Waals surface area contributed by atoms with Crippen molar-refractivity contribution in [2.45, 2.75) is 20.4 Å². The molecule has 3 aromatic rings. The molecule has 0 aliphatic carbocycles. The Bertz CT molecular complexity index is 747. The van der Waals surface area contributed by atoms with Gasteiger partial charge in [0.1, 0.15) is 5.82 Å². The summed E-state index contributed by atoms with van der Waals surface area (Å²) in [5, 5.41) is 6.42. The fraction of sp³-hybridized carbons (Fsp3) is 0.357. The SMILES string of the molecule is CCNc1cn2ccnc2c(N(C)Cc2csc(C)n2)n1. The summed E-state index contributed by atoms with van der Waals surface area (Å²) in [5.74, 6) is 1.70. The van der Waals surface area contributed by atoms with Gasteiger partial charge in [-0.05, 0) is 13.8 Å². The number of hydrogen-bond donors (Lipinski definition) is 1. The summed E-state index contributed by atoms with van der Waals surface area (Å²) in [6.07, 6.45) is 5.68. The normalized spacial score (nSPS) is 11.0. The van der Waals surface area contributed by atoms with Crippen LogP contribution in [0.5, 0.6) is 0 Å². The Balaban J connectivity index is 1.95. The highest BCUT2D eigenvalue weighted by atomic mass is 32.1. The maximum Gasteiger partial charge on any atom is 0.180 e. The number of nitrogens with one attached hydrogen (secondary N) is 1. The zero-order chi connectivity index (χ0) is 14.8. The van der Waals surface area contributed by atoms with Crippen LogP contribution in [0, 0.1) is 6.92 Å². The molecule has 0 aliphatic heterocycles. The molecular weight excluding hydrogens is 284 g/mol. The van der Waals surface area contributed by atoms with Crippen molar-refractivity contribution in [2.24, 2.45) is 0 Å². The van der Waals surface area contributed by atoms with Crippen molar-refractivity contribution in [3.8, 4) is 0 Å². The Morgan fingerprint density at radius 1 is 1.38 bits per heavy atom. The van der Waals surface area contributed by atoms with Crippen LogP contribution in [0.15, 0.2) is 24.0 Å². The number of fused-ring (bicyclic) bond motifs is 1. The number of nitrogens with zero attached hydrogens (tertiary/aromatic N) is 5. The van der Waals surface area contributed by atoms with Gasteiger partial charge >= 0.3 is 0 Å². The van der Waals surface area contributed by atoms with E-state index in [9.17, 15) is 0 Å². The van der Waals surface area contributed by atoms with Gasteiger partial charge in [-0.3, -0.25) is 0 Å². The van der Waals surface area contributed by atoms with Gasteiger partial charge in [-0.15, -0.1) is 11.3 Å². The van der Waals surface area contributed by atoms with Crippen molar-refractivity contribution >= 4 is 28.6 Å². The van der Waals surface area contributed by atoms with E-state index >= 15 is 0 Å². The smallest absolute Gasteiger partial charge is 0.180 e. The molecule has 0 aliphatic rings. The molecule has 0 atom stereocenters. The van der Waals surface area contributed by atoms with E-state index in [1.807, 2.05) is 30.8 Å². The summed E-state index contributed by atoms with van der Waals surface area (Å²) in [7, 11) is 2.02. The predicted molar refractivity (Wildman–Crippen MR) is 86.1 cm³/mol. The molecule has 3 rings (SSSR count). The van der Waals surface area contributed by atoms with E-state index in [0.717, 1.165) is 41.1 Å². The first-order valence-corrected chi connectivity index (χ1v) is 7.75. The summed E-state index contributed by atoms with van der Waals surface area (Å²) < 4.78 is 1.99. The lowest BCUT2D eigenvalue weighted by atomic mass is 10.4. The first-order valence-electron chi connectivity index (χ1n) is 6.87. The first-order chi connectivity index (χ1) is 10.2. The van der Waals surface area contributed by atoms with Gasteiger partial charge in [-0.2, -0.15) is 0 Å². The highest BCUT2D eigenvalue weighted by molar-refractivity contribution is 7.09. The average molecular weight is 302 g/mol. The maximum atomic E-state index is 4.67. The van der Waals surface area contributed by atoms with Crippen LogP contribution in [0.4, 0.5) is 11.6 Å². The van der Waals surface area contributed by atoms with Crippen molar-refractivity contribution in [1.29, 1.82) is 0 Å². The Kier molecular flexibility index (Phi) is 3.74. The van der Waals surface area contributed by atoms with Crippen LogP contribution in [-0.2, 0) is 6.54 Å². The zero-order valence-electron chi connectivity index (χ0n) is 12.4. The van der Waals surface area contributed by atoms with Crippen LogP contribution < -0.4 is 10.2 Å². The second-order valence-corrected chi connectivity index (χ2v) is 5.91.